The lowest BCUT2D eigenvalue weighted by Gasteiger charge is -2.17. The largest absolute Gasteiger partial charge is 0.493 e. The van der Waals surface area contributed by atoms with Crippen molar-refractivity contribution < 1.29 is 17.0 Å². The summed E-state index contributed by atoms with van der Waals surface area (Å²) < 4.78 is 45.3. The van der Waals surface area contributed by atoms with E-state index in [0.29, 0.717) is 63.0 Å². The molecule has 39 heavy (non-hydrogen) atoms. The molecule has 0 bridgehead atoms. The fourth-order valence-corrected chi connectivity index (χ4v) is 5.46. The second kappa shape index (κ2) is 10.5. The van der Waals surface area contributed by atoms with Crippen molar-refractivity contribution in [3.8, 4) is 22.9 Å². The molecule has 2 heterocycles. The number of unbranched alkanes of at least 4 members (excludes halogenated alkanes) is 2. The maximum atomic E-state index is 14.0. The molecule has 1 N–H and O–H groups in total. The fraction of sp³-hybridized carbons (Fsp3) is 0.267. The third-order valence-corrected chi connectivity index (χ3v) is 7.77. The highest BCUT2D eigenvalue weighted by Crippen LogP contribution is 2.37. The zero-order chi connectivity index (χ0) is 27.7. The van der Waals surface area contributed by atoms with Crippen molar-refractivity contribution in [3.63, 3.8) is 0 Å². The van der Waals surface area contributed by atoms with Crippen LogP contribution in [0.25, 0.3) is 44.0 Å². The van der Waals surface area contributed by atoms with E-state index >= 15 is 0 Å². The first kappa shape index (κ1) is 26.4. The molecule has 0 spiro atoms. The number of benzene rings is 3. The number of pyridine rings is 1. The van der Waals surface area contributed by atoms with Gasteiger partial charge in [0.2, 0.25) is 0 Å². The molecule has 3 aromatic carbocycles. The number of fused-ring (bicyclic) bond motifs is 4. The van der Waals surface area contributed by atoms with Gasteiger partial charge in [0.25, 0.3) is 0 Å². The highest BCUT2D eigenvalue weighted by atomic mass is 32.3. The average molecular weight is 546 g/mol. The minimum absolute atomic E-state index is 0.171. The summed E-state index contributed by atoms with van der Waals surface area (Å²) in [5, 5.41) is 11.1. The third-order valence-electron chi connectivity index (χ3n) is 6.96. The summed E-state index contributed by atoms with van der Waals surface area (Å²) in [6.07, 6.45) is 3.48. The van der Waals surface area contributed by atoms with E-state index in [2.05, 4.69) is 22.5 Å². The van der Waals surface area contributed by atoms with Gasteiger partial charge < -0.3 is 14.3 Å². The van der Waals surface area contributed by atoms with Crippen molar-refractivity contribution in [2.45, 2.75) is 51.0 Å². The first-order valence-electron chi connectivity index (χ1n) is 13.0. The Kier molecular flexibility index (Phi) is 7.15. The van der Waals surface area contributed by atoms with Crippen LogP contribution in [0.15, 0.2) is 64.3 Å². The Morgan fingerprint density at radius 3 is 2.54 bits per heavy atom. The number of H-pyrrole nitrogens is 1. The molecule has 2 aromatic heterocycles. The van der Waals surface area contributed by atoms with Crippen LogP contribution in [-0.4, -0.2) is 24.6 Å². The molecule has 0 radical (unpaired) electrons. The summed E-state index contributed by atoms with van der Waals surface area (Å²) in [4.78, 5) is 16.9. The van der Waals surface area contributed by atoms with Gasteiger partial charge in [0, 0.05) is 23.0 Å². The zero-order valence-corrected chi connectivity index (χ0v) is 22.6. The van der Waals surface area contributed by atoms with Gasteiger partial charge in [-0.1, -0.05) is 44.9 Å². The lowest BCUT2D eigenvalue weighted by molar-refractivity contribution is 0.311. The molecule has 0 aliphatic carbocycles. The number of aromatic nitrogens is 2. The van der Waals surface area contributed by atoms with E-state index in [1.807, 2.05) is 13.0 Å². The van der Waals surface area contributed by atoms with Gasteiger partial charge >= 0.3 is 10.2 Å². The Morgan fingerprint density at radius 2 is 1.82 bits per heavy atom. The van der Waals surface area contributed by atoms with E-state index in [4.69, 9.17) is 4.74 Å². The van der Waals surface area contributed by atoms with Crippen LogP contribution >= 0.6 is 0 Å². The summed E-state index contributed by atoms with van der Waals surface area (Å²) in [7, 11) is -4.91. The topological polar surface area (TPSA) is 105 Å². The minimum Gasteiger partial charge on any atom is -0.493 e. The lowest BCUT2D eigenvalue weighted by Crippen LogP contribution is -2.12. The van der Waals surface area contributed by atoms with E-state index in [1.54, 1.807) is 30.3 Å². The predicted octanol–water partition coefficient (Wildman–Crippen LogP) is 6.81. The Hall–Kier alpha value is -4.16. The maximum absolute atomic E-state index is 14.0. The number of nitrogens with zero attached hydrogens (tertiary/aromatic N) is 2. The minimum atomic E-state index is -4.91. The molecule has 0 aliphatic rings. The predicted molar refractivity (Wildman–Crippen MR) is 151 cm³/mol. The molecule has 7 nitrogen and oxygen atoms in total. The van der Waals surface area contributed by atoms with Crippen molar-refractivity contribution in [1.29, 1.82) is 5.26 Å². The van der Waals surface area contributed by atoms with Crippen molar-refractivity contribution in [1.82, 2.24) is 9.55 Å². The average Bonchev–Trinajstić information content (AvgIpc) is 3.31. The van der Waals surface area contributed by atoms with Crippen molar-refractivity contribution in [3.05, 3.63) is 70.4 Å². The van der Waals surface area contributed by atoms with Gasteiger partial charge in [-0.15, -0.1) is 3.89 Å². The first-order chi connectivity index (χ1) is 18.8. The molecular formula is C30H28FN3O4S. The van der Waals surface area contributed by atoms with E-state index in [0.717, 1.165) is 31.1 Å². The van der Waals surface area contributed by atoms with Crippen LogP contribution in [0.5, 0.6) is 5.75 Å². The first-order valence-corrected chi connectivity index (χ1v) is 14.4. The molecule has 9 heteroatoms. The molecule has 0 saturated carbocycles. The van der Waals surface area contributed by atoms with Crippen LogP contribution in [0.4, 0.5) is 3.89 Å². The highest BCUT2D eigenvalue weighted by Gasteiger charge is 2.21. The monoisotopic (exact) mass is 545 g/mol. The van der Waals surface area contributed by atoms with Crippen LogP contribution in [0.3, 0.4) is 0 Å². The molecule has 0 amide bonds. The molecule has 200 valence electrons. The third kappa shape index (κ3) is 4.88. The molecule has 0 unspecified atom stereocenters. The number of nitrogens with one attached hydrogen (secondary N) is 1. The highest BCUT2D eigenvalue weighted by molar-refractivity contribution is 7.86. The van der Waals surface area contributed by atoms with E-state index < -0.39 is 15.1 Å². The second-order valence-electron chi connectivity index (χ2n) is 9.59. The van der Waals surface area contributed by atoms with Crippen LogP contribution in [0, 0.1) is 11.3 Å². The standard InChI is InChI=1S/C30H28FN3O4S/c1-3-5-12-34-26-16-23(20-8-7-9-21(15-20)39(31,36)37)27(38-13-6-4-2)17-24(26)29(35)28-22-11-10-19(18-32)14-25(22)33-30(28)34/h7-11,14-17,33H,3-6,12-13H2,1-2H3. The van der Waals surface area contributed by atoms with Crippen LogP contribution in [0.2, 0.25) is 0 Å². The molecule has 0 fully saturated rings. The second-order valence-corrected chi connectivity index (χ2v) is 10.9. The summed E-state index contributed by atoms with van der Waals surface area (Å²) in [6, 6.07) is 16.6. The molecule has 5 rings (SSSR count). The number of hydrogen-bond acceptors (Lipinski definition) is 5. The fourth-order valence-electron chi connectivity index (χ4n) is 4.95. The summed E-state index contributed by atoms with van der Waals surface area (Å²) in [5.74, 6) is 0.425. The van der Waals surface area contributed by atoms with Gasteiger partial charge in [0.05, 0.1) is 39.4 Å². The lowest BCUT2D eigenvalue weighted by atomic mass is 10.0. The Labute approximate surface area is 225 Å². The van der Waals surface area contributed by atoms with Crippen molar-refractivity contribution >= 4 is 43.1 Å². The molecule has 0 atom stereocenters. The Bertz CT molecular complexity index is 1930. The number of nitriles is 1. The Balaban J connectivity index is 1.87. The summed E-state index contributed by atoms with van der Waals surface area (Å²) in [6.45, 7) is 5.15. The zero-order valence-electron chi connectivity index (χ0n) is 21.8. The van der Waals surface area contributed by atoms with E-state index in [9.17, 15) is 22.4 Å². The molecule has 0 aliphatic heterocycles. The molecular weight excluding hydrogens is 517 g/mol. The van der Waals surface area contributed by atoms with Gasteiger partial charge in [-0.3, -0.25) is 4.79 Å². The SMILES string of the molecule is CCCCOc1cc2c(=O)c3c4ccc(C#N)cc4[nH]c3n(CCCC)c2cc1-c1cccc(S(=O)(=O)F)c1. The summed E-state index contributed by atoms with van der Waals surface area (Å²) in [5.41, 5.74) is 3.35. The number of halogens is 1. The number of rotatable bonds is 9. The molecule has 0 saturated heterocycles. The number of hydrogen-bond donors (Lipinski definition) is 1. The van der Waals surface area contributed by atoms with E-state index in [1.165, 1.54) is 18.2 Å². The van der Waals surface area contributed by atoms with Gasteiger partial charge in [-0.05, 0) is 54.8 Å². The van der Waals surface area contributed by atoms with Crippen LogP contribution < -0.4 is 10.2 Å². The van der Waals surface area contributed by atoms with Gasteiger partial charge in [0.15, 0.2) is 5.43 Å². The maximum Gasteiger partial charge on any atom is 0.332 e. The van der Waals surface area contributed by atoms with Crippen LogP contribution in [0.1, 0.15) is 45.1 Å². The molecule has 5 aromatic rings. The van der Waals surface area contributed by atoms with Crippen molar-refractivity contribution in [2.75, 3.05) is 6.61 Å². The van der Waals surface area contributed by atoms with Crippen molar-refractivity contribution in [2.24, 2.45) is 0 Å². The van der Waals surface area contributed by atoms with Gasteiger partial charge in [-0.25, -0.2) is 0 Å². The smallest absolute Gasteiger partial charge is 0.332 e. The van der Waals surface area contributed by atoms with E-state index in [-0.39, 0.29) is 5.43 Å². The number of aromatic amines is 1. The Morgan fingerprint density at radius 1 is 1.03 bits per heavy atom. The van der Waals surface area contributed by atoms with Crippen LogP contribution in [-0.2, 0) is 16.8 Å². The van der Waals surface area contributed by atoms with Gasteiger partial charge in [-0.2, -0.15) is 13.7 Å². The normalized spacial score (nSPS) is 11.8. The summed E-state index contributed by atoms with van der Waals surface area (Å²) >= 11 is 0. The van der Waals surface area contributed by atoms with Gasteiger partial charge in [0.1, 0.15) is 11.4 Å². The quantitative estimate of drug-likeness (QED) is 0.162. The number of aryl methyl sites for hydroxylation is 1. The number of ether oxygens (including phenoxy) is 1.